The molecule has 0 aromatic heterocycles. The average molecular weight is 316 g/mol. The molecule has 1 atom stereocenters. The molecule has 20 heavy (non-hydrogen) atoms. The van der Waals surface area contributed by atoms with Gasteiger partial charge in [-0.15, -0.1) is 0 Å². The molecule has 0 saturated heterocycles. The van der Waals surface area contributed by atoms with Crippen LogP contribution in [0.25, 0.3) is 6.08 Å². The number of carboxylic acids is 1. The molecule has 0 radical (unpaired) electrons. The topological polar surface area (TPSA) is 66.4 Å². The van der Waals surface area contributed by atoms with Crippen LogP contribution in [-0.2, 0) is 9.59 Å². The Bertz CT molecular complexity index is 529. The van der Waals surface area contributed by atoms with Gasteiger partial charge in [-0.3, -0.25) is 4.79 Å². The summed E-state index contributed by atoms with van der Waals surface area (Å²) in [6.45, 7) is 1.85. The number of carbonyl (C=O) groups is 2. The summed E-state index contributed by atoms with van der Waals surface area (Å²) in [7, 11) is 0. The summed E-state index contributed by atoms with van der Waals surface area (Å²) in [6, 6.07) is 4.18. The van der Waals surface area contributed by atoms with Crippen LogP contribution < -0.4 is 5.32 Å². The van der Waals surface area contributed by atoms with Crippen LogP contribution in [0.3, 0.4) is 0 Å². The molecule has 0 unspecified atom stereocenters. The molecule has 0 saturated carbocycles. The minimum Gasteiger partial charge on any atom is -0.480 e. The van der Waals surface area contributed by atoms with Gasteiger partial charge < -0.3 is 10.4 Å². The Hall–Kier alpha value is -1.52. The van der Waals surface area contributed by atoms with Gasteiger partial charge >= 0.3 is 5.97 Å². The molecule has 0 heterocycles. The second-order valence-electron chi connectivity index (χ2n) is 4.16. The van der Waals surface area contributed by atoms with E-state index in [9.17, 15) is 9.59 Å². The van der Waals surface area contributed by atoms with Crippen molar-refractivity contribution in [3.63, 3.8) is 0 Å². The van der Waals surface area contributed by atoms with Crippen LogP contribution in [0.5, 0.6) is 0 Å². The van der Waals surface area contributed by atoms with Crippen molar-refractivity contribution >= 4 is 41.2 Å². The van der Waals surface area contributed by atoms with Crippen LogP contribution in [0.2, 0.25) is 10.0 Å². The summed E-state index contributed by atoms with van der Waals surface area (Å²) in [4.78, 5) is 22.6. The summed E-state index contributed by atoms with van der Waals surface area (Å²) >= 11 is 11.8. The van der Waals surface area contributed by atoms with Gasteiger partial charge in [0.2, 0.25) is 5.91 Å². The summed E-state index contributed by atoms with van der Waals surface area (Å²) in [5.41, 5.74) is 0.594. The first kappa shape index (κ1) is 16.5. The monoisotopic (exact) mass is 315 g/mol. The van der Waals surface area contributed by atoms with Crippen molar-refractivity contribution in [2.45, 2.75) is 25.8 Å². The molecular formula is C14H15Cl2NO3. The van der Waals surface area contributed by atoms with Crippen LogP contribution >= 0.6 is 23.2 Å². The van der Waals surface area contributed by atoms with Gasteiger partial charge in [0.15, 0.2) is 0 Å². The summed E-state index contributed by atoms with van der Waals surface area (Å²) in [5.74, 6) is -1.53. The number of carbonyl (C=O) groups excluding carboxylic acids is 1. The van der Waals surface area contributed by atoms with Crippen molar-refractivity contribution in [2.75, 3.05) is 0 Å². The molecule has 108 valence electrons. The molecule has 2 N–H and O–H groups in total. The number of halogens is 2. The zero-order valence-electron chi connectivity index (χ0n) is 10.9. The number of hydrogen-bond donors (Lipinski definition) is 2. The zero-order chi connectivity index (χ0) is 15.1. The highest BCUT2D eigenvalue weighted by Crippen LogP contribution is 2.26. The van der Waals surface area contributed by atoms with Crippen molar-refractivity contribution < 1.29 is 14.7 Å². The van der Waals surface area contributed by atoms with E-state index in [1.807, 2.05) is 6.92 Å². The van der Waals surface area contributed by atoms with Crippen molar-refractivity contribution in [1.82, 2.24) is 5.32 Å². The minimum absolute atomic E-state index is 0.349. The highest BCUT2D eigenvalue weighted by atomic mass is 35.5. The van der Waals surface area contributed by atoms with Crippen molar-refractivity contribution in [3.8, 4) is 0 Å². The fraction of sp³-hybridized carbons (Fsp3) is 0.286. The molecule has 0 aliphatic rings. The summed E-state index contributed by atoms with van der Waals surface area (Å²) in [6.07, 6.45) is 3.78. The van der Waals surface area contributed by atoms with Crippen molar-refractivity contribution in [2.24, 2.45) is 0 Å². The van der Waals surface area contributed by atoms with Gasteiger partial charge in [0, 0.05) is 6.08 Å². The first-order valence-corrected chi connectivity index (χ1v) is 6.86. The predicted molar refractivity (Wildman–Crippen MR) is 80.0 cm³/mol. The number of nitrogens with one attached hydrogen (secondary N) is 1. The number of amides is 1. The fourth-order valence-corrected chi connectivity index (χ4v) is 1.95. The lowest BCUT2D eigenvalue weighted by molar-refractivity contribution is -0.141. The largest absolute Gasteiger partial charge is 0.480 e. The quantitative estimate of drug-likeness (QED) is 0.791. The number of aliphatic carboxylic acids is 1. The minimum atomic E-state index is -1.05. The molecule has 1 aromatic rings. The van der Waals surface area contributed by atoms with Crippen LogP contribution in [0.4, 0.5) is 0 Å². The van der Waals surface area contributed by atoms with E-state index in [-0.39, 0.29) is 0 Å². The molecule has 0 fully saturated rings. The van der Waals surface area contributed by atoms with E-state index in [1.165, 1.54) is 12.2 Å². The van der Waals surface area contributed by atoms with Crippen LogP contribution in [0.1, 0.15) is 25.3 Å². The number of benzene rings is 1. The van der Waals surface area contributed by atoms with Gasteiger partial charge in [-0.05, 0) is 24.1 Å². The third-order valence-corrected chi connectivity index (χ3v) is 3.42. The molecule has 0 bridgehead atoms. The summed E-state index contributed by atoms with van der Waals surface area (Å²) in [5, 5.41) is 12.1. The molecule has 6 heteroatoms. The lowest BCUT2D eigenvalue weighted by Crippen LogP contribution is -2.39. The molecule has 0 aliphatic carbocycles. The third kappa shape index (κ3) is 4.87. The fourth-order valence-electron chi connectivity index (χ4n) is 1.58. The van der Waals surface area contributed by atoms with Gasteiger partial charge in [0.05, 0.1) is 10.0 Å². The Morgan fingerprint density at radius 1 is 1.40 bits per heavy atom. The van der Waals surface area contributed by atoms with E-state index in [0.717, 1.165) is 0 Å². The predicted octanol–water partition coefficient (Wildman–Crippen LogP) is 3.38. The first-order valence-electron chi connectivity index (χ1n) is 6.11. The highest BCUT2D eigenvalue weighted by molar-refractivity contribution is 6.42. The SMILES string of the molecule is CCC[C@@H](NC(=O)/C=C/c1cccc(Cl)c1Cl)C(=O)O. The van der Waals surface area contributed by atoms with E-state index < -0.39 is 17.9 Å². The van der Waals surface area contributed by atoms with Gasteiger partial charge in [-0.2, -0.15) is 0 Å². The van der Waals surface area contributed by atoms with E-state index >= 15 is 0 Å². The Morgan fingerprint density at radius 3 is 2.70 bits per heavy atom. The van der Waals surface area contributed by atoms with Gasteiger partial charge in [0.1, 0.15) is 6.04 Å². The van der Waals surface area contributed by atoms with Crippen molar-refractivity contribution in [3.05, 3.63) is 39.9 Å². The van der Waals surface area contributed by atoms with E-state index in [1.54, 1.807) is 18.2 Å². The Kier molecular flexibility index (Phi) is 6.55. The third-order valence-electron chi connectivity index (χ3n) is 2.59. The molecule has 0 spiro atoms. The van der Waals surface area contributed by atoms with Crippen LogP contribution in [0.15, 0.2) is 24.3 Å². The number of carboxylic acid groups (broad SMARTS) is 1. The normalized spacial score (nSPS) is 12.3. The molecule has 4 nitrogen and oxygen atoms in total. The smallest absolute Gasteiger partial charge is 0.326 e. The second kappa shape index (κ2) is 7.92. The average Bonchev–Trinajstić information content (AvgIpc) is 2.40. The second-order valence-corrected chi connectivity index (χ2v) is 4.95. The summed E-state index contributed by atoms with van der Waals surface area (Å²) < 4.78 is 0. The lowest BCUT2D eigenvalue weighted by atomic mass is 10.1. The zero-order valence-corrected chi connectivity index (χ0v) is 12.4. The van der Waals surface area contributed by atoms with E-state index in [4.69, 9.17) is 28.3 Å². The highest BCUT2D eigenvalue weighted by Gasteiger charge is 2.17. The van der Waals surface area contributed by atoms with E-state index in [0.29, 0.717) is 28.5 Å². The molecule has 1 rings (SSSR count). The lowest BCUT2D eigenvalue weighted by Gasteiger charge is -2.11. The molecule has 0 aliphatic heterocycles. The van der Waals surface area contributed by atoms with Gasteiger partial charge in [0.25, 0.3) is 0 Å². The number of hydrogen-bond acceptors (Lipinski definition) is 2. The van der Waals surface area contributed by atoms with Gasteiger partial charge in [-0.25, -0.2) is 4.79 Å². The number of rotatable bonds is 6. The van der Waals surface area contributed by atoms with Crippen LogP contribution in [-0.4, -0.2) is 23.0 Å². The van der Waals surface area contributed by atoms with Crippen molar-refractivity contribution in [1.29, 1.82) is 0 Å². The van der Waals surface area contributed by atoms with Crippen LogP contribution in [0, 0.1) is 0 Å². The standard InChI is InChI=1S/C14H15Cl2NO3/c1-2-4-11(14(19)20)17-12(18)8-7-9-5-3-6-10(15)13(9)16/h3,5-8,11H,2,4H2,1H3,(H,17,18)(H,19,20)/b8-7+/t11-/m1/s1. The maximum atomic E-state index is 11.7. The maximum absolute atomic E-state index is 11.7. The molecule has 1 amide bonds. The first-order chi connectivity index (χ1) is 9.45. The Morgan fingerprint density at radius 2 is 2.10 bits per heavy atom. The van der Waals surface area contributed by atoms with E-state index in [2.05, 4.69) is 5.32 Å². The Balaban J connectivity index is 2.72. The molecular weight excluding hydrogens is 301 g/mol. The Labute approximate surface area is 127 Å². The van der Waals surface area contributed by atoms with Gasteiger partial charge in [-0.1, -0.05) is 48.7 Å². The molecule has 1 aromatic carbocycles. The maximum Gasteiger partial charge on any atom is 0.326 e.